The minimum Gasteiger partial charge on any atom is -0.497 e. The van der Waals surface area contributed by atoms with E-state index in [0.29, 0.717) is 5.75 Å². The molecule has 2 rings (SSSR count). The van der Waals surface area contributed by atoms with Crippen molar-refractivity contribution < 1.29 is 13.5 Å². The zero-order chi connectivity index (χ0) is 10.8. The summed E-state index contributed by atoms with van der Waals surface area (Å²) >= 11 is 0. The largest absolute Gasteiger partial charge is 0.497 e. The third kappa shape index (κ3) is 1.91. The lowest BCUT2D eigenvalue weighted by molar-refractivity contribution is 0.151. The van der Waals surface area contributed by atoms with Crippen LogP contribution in [0.5, 0.6) is 5.75 Å². The summed E-state index contributed by atoms with van der Waals surface area (Å²) in [6, 6.07) is 10.0. The number of hydrogen-bond acceptors (Lipinski definition) is 1. The van der Waals surface area contributed by atoms with E-state index in [0.717, 1.165) is 10.8 Å². The number of halogens is 2. The van der Waals surface area contributed by atoms with Gasteiger partial charge in [-0.25, -0.2) is 8.78 Å². The van der Waals surface area contributed by atoms with Crippen LogP contribution >= 0.6 is 0 Å². The maximum Gasteiger partial charge on any atom is 0.263 e. The minimum atomic E-state index is -2.43. The Bertz CT molecular complexity index is 480. The monoisotopic (exact) mass is 208 g/mol. The van der Waals surface area contributed by atoms with Crippen molar-refractivity contribution in [1.82, 2.24) is 0 Å². The highest BCUT2D eigenvalue weighted by Gasteiger charge is 2.07. The Morgan fingerprint density at radius 1 is 1.00 bits per heavy atom. The summed E-state index contributed by atoms with van der Waals surface area (Å²) in [6.45, 7) is 0. The molecule has 0 saturated heterocycles. The van der Waals surface area contributed by atoms with Gasteiger partial charge in [-0.2, -0.15) is 0 Å². The zero-order valence-electron chi connectivity index (χ0n) is 8.21. The number of alkyl halides is 2. The molecule has 0 heterocycles. The van der Waals surface area contributed by atoms with Crippen molar-refractivity contribution in [3.05, 3.63) is 42.0 Å². The Morgan fingerprint density at radius 2 is 1.73 bits per heavy atom. The molecule has 1 nitrogen and oxygen atoms in total. The van der Waals surface area contributed by atoms with Gasteiger partial charge in [0.05, 0.1) is 7.11 Å². The lowest BCUT2D eigenvalue weighted by Crippen LogP contribution is -1.85. The van der Waals surface area contributed by atoms with Crippen LogP contribution in [0.1, 0.15) is 12.0 Å². The first-order valence-electron chi connectivity index (χ1n) is 4.56. The maximum absolute atomic E-state index is 12.4. The van der Waals surface area contributed by atoms with Gasteiger partial charge in [0.2, 0.25) is 0 Å². The molecule has 0 fully saturated rings. The summed E-state index contributed by atoms with van der Waals surface area (Å²) in [6.07, 6.45) is -2.43. The van der Waals surface area contributed by atoms with Crippen molar-refractivity contribution >= 4 is 10.8 Å². The van der Waals surface area contributed by atoms with Crippen molar-refractivity contribution in [2.45, 2.75) is 6.43 Å². The maximum atomic E-state index is 12.4. The summed E-state index contributed by atoms with van der Waals surface area (Å²) in [5.74, 6) is 0.675. The molecule has 0 aliphatic rings. The third-order valence-corrected chi connectivity index (χ3v) is 2.32. The van der Waals surface area contributed by atoms with Gasteiger partial charge in [-0.15, -0.1) is 0 Å². The molecular formula is C12H10F2O. The molecule has 0 atom stereocenters. The molecule has 0 aliphatic heterocycles. The molecule has 2 aromatic carbocycles. The molecule has 15 heavy (non-hydrogen) atoms. The summed E-state index contributed by atoms with van der Waals surface area (Å²) in [5, 5.41) is 1.70. The van der Waals surface area contributed by atoms with E-state index in [2.05, 4.69) is 0 Å². The van der Waals surface area contributed by atoms with Gasteiger partial charge in [0.15, 0.2) is 0 Å². The van der Waals surface area contributed by atoms with E-state index in [9.17, 15) is 8.78 Å². The third-order valence-electron chi connectivity index (χ3n) is 2.32. The minimum absolute atomic E-state index is 0.0377. The molecule has 0 amide bonds. The Morgan fingerprint density at radius 3 is 2.40 bits per heavy atom. The summed E-state index contributed by atoms with van der Waals surface area (Å²) in [7, 11) is 1.55. The number of benzene rings is 2. The molecule has 0 aromatic heterocycles. The Balaban J connectivity index is 2.57. The number of fused-ring (bicyclic) bond motifs is 1. The SMILES string of the molecule is COc1ccc2ccc(C(F)F)cc2c1. The molecule has 3 heteroatoms. The van der Waals surface area contributed by atoms with Crippen molar-refractivity contribution in [2.24, 2.45) is 0 Å². The second-order valence-corrected chi connectivity index (χ2v) is 3.27. The molecule has 78 valence electrons. The van der Waals surface area contributed by atoms with Crippen LogP contribution in [0, 0.1) is 0 Å². The second kappa shape index (κ2) is 3.85. The average Bonchev–Trinajstić information content (AvgIpc) is 2.27. The predicted molar refractivity (Wildman–Crippen MR) is 55.5 cm³/mol. The molecule has 0 aliphatic carbocycles. The highest BCUT2D eigenvalue weighted by Crippen LogP contribution is 2.26. The molecule has 2 aromatic rings. The van der Waals surface area contributed by atoms with Gasteiger partial charge in [-0.1, -0.05) is 18.2 Å². The van der Waals surface area contributed by atoms with Crippen LogP contribution in [0.3, 0.4) is 0 Å². The van der Waals surface area contributed by atoms with Gasteiger partial charge in [-0.3, -0.25) is 0 Å². The van der Waals surface area contributed by atoms with Crippen molar-refractivity contribution in [3.8, 4) is 5.75 Å². The number of methoxy groups -OCH3 is 1. The van der Waals surface area contributed by atoms with Gasteiger partial charge in [0.1, 0.15) is 5.75 Å². The van der Waals surface area contributed by atoms with Crippen molar-refractivity contribution in [1.29, 1.82) is 0 Å². The second-order valence-electron chi connectivity index (χ2n) is 3.27. The Labute approximate surface area is 86.3 Å². The zero-order valence-corrected chi connectivity index (χ0v) is 8.21. The first-order valence-corrected chi connectivity index (χ1v) is 4.56. The quantitative estimate of drug-likeness (QED) is 0.729. The lowest BCUT2D eigenvalue weighted by Gasteiger charge is -2.04. The van der Waals surface area contributed by atoms with Crippen LogP contribution in [-0.4, -0.2) is 7.11 Å². The van der Waals surface area contributed by atoms with Crippen molar-refractivity contribution in [3.63, 3.8) is 0 Å². The fourth-order valence-corrected chi connectivity index (χ4v) is 1.51. The number of hydrogen-bond donors (Lipinski definition) is 0. The average molecular weight is 208 g/mol. The van der Waals surface area contributed by atoms with E-state index < -0.39 is 6.43 Å². The van der Waals surface area contributed by atoms with Gasteiger partial charge < -0.3 is 4.74 Å². The van der Waals surface area contributed by atoms with Crippen LogP contribution in [0.15, 0.2) is 36.4 Å². The Hall–Kier alpha value is -1.64. The van der Waals surface area contributed by atoms with E-state index in [-0.39, 0.29) is 5.56 Å². The molecule has 0 radical (unpaired) electrons. The standard InChI is InChI=1S/C12H10F2O/c1-15-11-5-4-8-2-3-9(12(13)14)6-10(8)7-11/h2-7,12H,1H3. The van der Waals surface area contributed by atoms with Crippen LogP contribution < -0.4 is 4.74 Å². The molecule has 0 bridgehead atoms. The van der Waals surface area contributed by atoms with E-state index >= 15 is 0 Å². The number of rotatable bonds is 2. The first-order chi connectivity index (χ1) is 7.20. The van der Waals surface area contributed by atoms with E-state index in [1.54, 1.807) is 19.2 Å². The van der Waals surface area contributed by atoms with Gasteiger partial charge >= 0.3 is 0 Å². The van der Waals surface area contributed by atoms with E-state index in [1.165, 1.54) is 12.1 Å². The molecule has 0 saturated carbocycles. The van der Waals surface area contributed by atoms with Crippen LogP contribution in [0.25, 0.3) is 10.8 Å². The Kier molecular flexibility index (Phi) is 2.54. The lowest BCUT2D eigenvalue weighted by atomic mass is 10.1. The van der Waals surface area contributed by atoms with E-state index in [1.807, 2.05) is 12.1 Å². The normalized spacial score (nSPS) is 10.9. The van der Waals surface area contributed by atoms with Gasteiger partial charge in [-0.05, 0) is 29.0 Å². The molecule has 0 unspecified atom stereocenters. The smallest absolute Gasteiger partial charge is 0.263 e. The summed E-state index contributed by atoms with van der Waals surface area (Å²) in [4.78, 5) is 0. The van der Waals surface area contributed by atoms with Crippen LogP contribution in [0.4, 0.5) is 8.78 Å². The summed E-state index contributed by atoms with van der Waals surface area (Å²) < 4.78 is 29.9. The van der Waals surface area contributed by atoms with Crippen LogP contribution in [-0.2, 0) is 0 Å². The number of ether oxygens (including phenoxy) is 1. The fraction of sp³-hybridized carbons (Fsp3) is 0.167. The molecule has 0 N–H and O–H groups in total. The van der Waals surface area contributed by atoms with Gasteiger partial charge in [0.25, 0.3) is 6.43 Å². The van der Waals surface area contributed by atoms with E-state index in [4.69, 9.17) is 4.74 Å². The summed E-state index contributed by atoms with van der Waals surface area (Å²) in [5.41, 5.74) is 0.0377. The molecular weight excluding hydrogens is 198 g/mol. The highest BCUT2D eigenvalue weighted by atomic mass is 19.3. The highest BCUT2D eigenvalue weighted by molar-refractivity contribution is 5.84. The molecule has 0 spiro atoms. The van der Waals surface area contributed by atoms with Crippen molar-refractivity contribution in [2.75, 3.05) is 7.11 Å². The first kappa shape index (κ1) is 9.90. The van der Waals surface area contributed by atoms with Gasteiger partial charge in [0, 0.05) is 5.56 Å². The predicted octanol–water partition coefficient (Wildman–Crippen LogP) is 3.79. The fourth-order valence-electron chi connectivity index (χ4n) is 1.51. The topological polar surface area (TPSA) is 9.23 Å². The van der Waals surface area contributed by atoms with Crippen LogP contribution in [0.2, 0.25) is 0 Å².